The Bertz CT molecular complexity index is 599. The van der Waals surface area contributed by atoms with E-state index >= 15 is 0 Å². The third-order valence-corrected chi connectivity index (χ3v) is 4.28. The summed E-state index contributed by atoms with van der Waals surface area (Å²) in [5, 5.41) is 1.26. The van der Waals surface area contributed by atoms with Crippen molar-refractivity contribution in [3.63, 3.8) is 0 Å². The average molecular weight is 375 g/mol. The Kier molecular flexibility index (Phi) is 5.33. The molecule has 1 unspecified atom stereocenters. The van der Waals surface area contributed by atoms with Gasteiger partial charge in [0, 0.05) is 26.1 Å². The summed E-state index contributed by atoms with van der Waals surface area (Å²) >= 11 is 15.8. The topological polar surface area (TPSA) is 35.2 Å². The quantitative estimate of drug-likeness (QED) is 0.816. The number of rotatable bonds is 4. The van der Waals surface area contributed by atoms with Gasteiger partial charge in [0.1, 0.15) is 5.75 Å². The van der Waals surface area contributed by atoms with Gasteiger partial charge in [-0.25, -0.2) is 0 Å². The summed E-state index contributed by atoms with van der Waals surface area (Å²) in [4.78, 5) is 0. The number of ether oxygens (including phenoxy) is 1. The molecule has 5 heteroatoms. The zero-order valence-corrected chi connectivity index (χ0v) is 14.0. The first-order valence-electron chi connectivity index (χ1n) is 6.05. The largest absolute Gasteiger partial charge is 0.496 e. The van der Waals surface area contributed by atoms with Crippen molar-refractivity contribution in [2.75, 3.05) is 7.11 Å². The Balaban J connectivity index is 2.31. The van der Waals surface area contributed by atoms with E-state index in [9.17, 15) is 0 Å². The molecule has 0 aliphatic carbocycles. The van der Waals surface area contributed by atoms with Crippen LogP contribution in [-0.4, -0.2) is 7.11 Å². The molecular weight excluding hydrogens is 361 g/mol. The van der Waals surface area contributed by atoms with Gasteiger partial charge in [0.15, 0.2) is 0 Å². The summed E-state index contributed by atoms with van der Waals surface area (Å²) in [5.41, 5.74) is 8.06. The Morgan fingerprint density at radius 1 is 1.20 bits per heavy atom. The molecule has 0 saturated heterocycles. The smallest absolute Gasteiger partial charge is 0.124 e. The predicted molar refractivity (Wildman–Crippen MR) is 87.8 cm³/mol. The Morgan fingerprint density at radius 3 is 2.45 bits per heavy atom. The molecule has 2 rings (SSSR count). The number of hydrogen-bond acceptors (Lipinski definition) is 2. The van der Waals surface area contributed by atoms with E-state index in [2.05, 4.69) is 15.9 Å². The molecule has 20 heavy (non-hydrogen) atoms. The highest BCUT2D eigenvalue weighted by Gasteiger charge is 2.16. The van der Waals surface area contributed by atoms with E-state index in [4.69, 9.17) is 33.7 Å². The molecule has 0 aliphatic heterocycles. The van der Waals surface area contributed by atoms with Gasteiger partial charge in [-0.3, -0.25) is 0 Å². The lowest BCUT2D eigenvalue weighted by Crippen LogP contribution is -2.15. The summed E-state index contributed by atoms with van der Waals surface area (Å²) in [7, 11) is 1.63. The SMILES string of the molecule is COc1cc(Br)ccc1C(N)Cc1c(Cl)cccc1Cl. The second-order valence-electron chi connectivity index (χ2n) is 4.40. The lowest BCUT2D eigenvalue weighted by atomic mass is 9.99. The number of methoxy groups -OCH3 is 1. The highest BCUT2D eigenvalue weighted by molar-refractivity contribution is 9.10. The van der Waals surface area contributed by atoms with Crippen molar-refractivity contribution in [1.82, 2.24) is 0 Å². The van der Waals surface area contributed by atoms with Crippen LogP contribution in [0.3, 0.4) is 0 Å². The zero-order chi connectivity index (χ0) is 14.7. The van der Waals surface area contributed by atoms with Crippen LogP contribution < -0.4 is 10.5 Å². The molecule has 2 nitrogen and oxygen atoms in total. The number of benzene rings is 2. The third-order valence-electron chi connectivity index (χ3n) is 3.08. The molecule has 0 bridgehead atoms. The minimum absolute atomic E-state index is 0.240. The lowest BCUT2D eigenvalue weighted by Gasteiger charge is -2.17. The molecule has 0 saturated carbocycles. The lowest BCUT2D eigenvalue weighted by molar-refractivity contribution is 0.405. The molecule has 0 fully saturated rings. The van der Waals surface area contributed by atoms with Crippen molar-refractivity contribution in [2.24, 2.45) is 5.73 Å². The monoisotopic (exact) mass is 373 g/mol. The van der Waals surface area contributed by atoms with Gasteiger partial charge in [0.25, 0.3) is 0 Å². The highest BCUT2D eigenvalue weighted by atomic mass is 79.9. The zero-order valence-electron chi connectivity index (χ0n) is 10.9. The molecule has 0 amide bonds. The average Bonchev–Trinajstić information content (AvgIpc) is 2.42. The Morgan fingerprint density at radius 2 is 1.85 bits per heavy atom. The van der Waals surface area contributed by atoms with Gasteiger partial charge in [-0.15, -0.1) is 0 Å². The van der Waals surface area contributed by atoms with Crippen molar-refractivity contribution in [3.8, 4) is 5.75 Å². The van der Waals surface area contributed by atoms with E-state index in [0.29, 0.717) is 16.5 Å². The van der Waals surface area contributed by atoms with Crippen LogP contribution in [-0.2, 0) is 6.42 Å². The van der Waals surface area contributed by atoms with Crippen LogP contribution in [0, 0.1) is 0 Å². The van der Waals surface area contributed by atoms with Crippen LogP contribution in [0.2, 0.25) is 10.0 Å². The van der Waals surface area contributed by atoms with Gasteiger partial charge in [-0.1, -0.05) is 51.3 Å². The maximum atomic E-state index is 6.28. The van der Waals surface area contributed by atoms with E-state index in [1.165, 1.54) is 0 Å². The molecule has 0 spiro atoms. The normalized spacial score (nSPS) is 12.2. The molecule has 2 aromatic rings. The summed E-state index contributed by atoms with van der Waals surface area (Å²) in [6.45, 7) is 0. The van der Waals surface area contributed by atoms with Crippen molar-refractivity contribution >= 4 is 39.1 Å². The van der Waals surface area contributed by atoms with Gasteiger partial charge >= 0.3 is 0 Å². The fourth-order valence-electron chi connectivity index (χ4n) is 2.05. The summed E-state index contributed by atoms with van der Waals surface area (Å²) < 4.78 is 6.31. The van der Waals surface area contributed by atoms with Crippen LogP contribution >= 0.6 is 39.1 Å². The standard InChI is InChI=1S/C15H14BrCl2NO/c1-20-15-7-9(16)5-6-10(15)14(19)8-11-12(17)3-2-4-13(11)18/h2-7,14H,8,19H2,1H3. The van der Waals surface area contributed by atoms with Gasteiger partial charge in [0.05, 0.1) is 7.11 Å². The highest BCUT2D eigenvalue weighted by Crippen LogP contribution is 2.32. The van der Waals surface area contributed by atoms with Gasteiger partial charge in [0.2, 0.25) is 0 Å². The second-order valence-corrected chi connectivity index (χ2v) is 6.13. The van der Waals surface area contributed by atoms with Gasteiger partial charge < -0.3 is 10.5 Å². The summed E-state index contributed by atoms with van der Waals surface area (Å²) in [6, 6.07) is 11.0. The summed E-state index contributed by atoms with van der Waals surface area (Å²) in [5.74, 6) is 0.745. The fraction of sp³-hybridized carbons (Fsp3) is 0.200. The molecule has 0 aromatic heterocycles. The molecule has 2 aromatic carbocycles. The Hall–Kier alpha value is -0.740. The van der Waals surface area contributed by atoms with E-state index in [1.54, 1.807) is 7.11 Å². The van der Waals surface area contributed by atoms with Crippen molar-refractivity contribution in [2.45, 2.75) is 12.5 Å². The van der Waals surface area contributed by atoms with E-state index in [-0.39, 0.29) is 6.04 Å². The molecular formula is C15H14BrCl2NO. The molecule has 0 radical (unpaired) electrons. The first kappa shape index (κ1) is 15.6. The van der Waals surface area contributed by atoms with E-state index in [1.807, 2.05) is 36.4 Å². The molecule has 1 atom stereocenters. The van der Waals surface area contributed by atoms with E-state index < -0.39 is 0 Å². The first-order valence-corrected chi connectivity index (χ1v) is 7.59. The molecule has 106 valence electrons. The number of hydrogen-bond donors (Lipinski definition) is 1. The second kappa shape index (κ2) is 6.81. The summed E-state index contributed by atoms with van der Waals surface area (Å²) in [6.07, 6.45) is 0.552. The molecule has 0 heterocycles. The number of nitrogens with two attached hydrogens (primary N) is 1. The fourth-order valence-corrected chi connectivity index (χ4v) is 2.94. The molecule has 2 N–H and O–H groups in total. The van der Waals surface area contributed by atoms with Crippen molar-refractivity contribution in [1.29, 1.82) is 0 Å². The Labute approximate surface area is 137 Å². The van der Waals surface area contributed by atoms with Crippen LogP contribution in [0.5, 0.6) is 5.75 Å². The van der Waals surface area contributed by atoms with Crippen LogP contribution in [0.25, 0.3) is 0 Å². The van der Waals surface area contributed by atoms with Crippen LogP contribution in [0.1, 0.15) is 17.2 Å². The van der Waals surface area contributed by atoms with Crippen LogP contribution in [0.15, 0.2) is 40.9 Å². The van der Waals surface area contributed by atoms with Gasteiger partial charge in [-0.2, -0.15) is 0 Å². The number of halogens is 3. The minimum Gasteiger partial charge on any atom is -0.496 e. The van der Waals surface area contributed by atoms with Crippen LogP contribution in [0.4, 0.5) is 0 Å². The third kappa shape index (κ3) is 3.47. The maximum Gasteiger partial charge on any atom is 0.124 e. The first-order chi connectivity index (χ1) is 9.52. The molecule has 0 aliphatic rings. The van der Waals surface area contributed by atoms with Crippen molar-refractivity contribution < 1.29 is 4.74 Å². The minimum atomic E-state index is -0.240. The predicted octanol–water partition coefficient (Wildman–Crippen LogP) is 5.01. The maximum absolute atomic E-state index is 6.28. The van der Waals surface area contributed by atoms with E-state index in [0.717, 1.165) is 21.3 Å². The van der Waals surface area contributed by atoms with Gasteiger partial charge in [-0.05, 0) is 36.2 Å². The van der Waals surface area contributed by atoms with Crippen molar-refractivity contribution in [3.05, 3.63) is 62.0 Å².